The average Bonchev–Trinajstić information content (AvgIpc) is 2.00. The van der Waals surface area contributed by atoms with Crippen molar-refractivity contribution in [3.63, 3.8) is 0 Å². The second kappa shape index (κ2) is 2.94. The fraction of sp³-hybridized carbons (Fsp3) is 0.429. The van der Waals surface area contributed by atoms with E-state index in [1.807, 2.05) is 0 Å². The minimum Gasteiger partial charge on any atom is -0.466 e. The van der Waals surface area contributed by atoms with Crippen LogP contribution >= 0.6 is 0 Å². The van der Waals surface area contributed by atoms with E-state index < -0.39 is 0 Å². The number of aromatic amines is 1. The fourth-order valence-corrected chi connectivity index (χ4v) is 0.862. The number of rotatable bonds is 2. The van der Waals surface area contributed by atoms with Gasteiger partial charge in [0.25, 0.3) is 5.88 Å². The normalized spacial score (nSPS) is 17.0. The Balaban J connectivity index is 2.11. The molecule has 2 rings (SSSR count). The van der Waals surface area contributed by atoms with Crippen LogP contribution in [-0.4, -0.2) is 29.3 Å². The van der Waals surface area contributed by atoms with Gasteiger partial charge in [-0.1, -0.05) is 0 Å². The van der Waals surface area contributed by atoms with Crippen LogP contribution < -0.4 is 10.3 Å². The molecule has 1 aliphatic rings. The molecule has 0 aromatic carbocycles. The van der Waals surface area contributed by atoms with Crippen molar-refractivity contribution in [3.8, 4) is 5.88 Å². The van der Waals surface area contributed by atoms with Gasteiger partial charge >= 0.3 is 5.56 Å². The first kappa shape index (κ1) is 7.30. The van der Waals surface area contributed by atoms with Crippen molar-refractivity contribution in [3.05, 3.63) is 22.7 Å². The van der Waals surface area contributed by atoms with Gasteiger partial charge in [0, 0.05) is 12.4 Å². The lowest BCUT2D eigenvalue weighted by Gasteiger charge is -2.25. The Bertz CT molecular complexity index is 318. The first-order valence-electron chi connectivity index (χ1n) is 3.64. The largest absolute Gasteiger partial charge is 0.466 e. The number of ether oxygens (including phenoxy) is 2. The van der Waals surface area contributed by atoms with Gasteiger partial charge in [-0.3, -0.25) is 4.79 Å². The lowest BCUT2D eigenvalue weighted by Crippen LogP contribution is -2.40. The maximum atomic E-state index is 11.0. The molecule has 0 saturated carbocycles. The second-order valence-corrected chi connectivity index (χ2v) is 2.50. The quantitative estimate of drug-likeness (QED) is 0.649. The third-order valence-corrected chi connectivity index (χ3v) is 1.56. The van der Waals surface area contributed by atoms with E-state index in [1.165, 1.54) is 12.4 Å². The Morgan fingerprint density at radius 2 is 2.50 bits per heavy atom. The molecule has 1 N–H and O–H groups in total. The number of aromatic nitrogens is 2. The molecule has 0 bridgehead atoms. The molecule has 1 aromatic rings. The molecule has 12 heavy (non-hydrogen) atoms. The summed E-state index contributed by atoms with van der Waals surface area (Å²) < 4.78 is 10.1. The predicted molar refractivity (Wildman–Crippen MR) is 40.1 cm³/mol. The summed E-state index contributed by atoms with van der Waals surface area (Å²) in [5.41, 5.74) is -0.301. The number of nitrogens with zero attached hydrogens (tertiary/aromatic N) is 1. The number of H-pyrrole nitrogens is 1. The van der Waals surface area contributed by atoms with Crippen molar-refractivity contribution in [2.75, 3.05) is 13.2 Å². The molecule has 1 saturated heterocycles. The van der Waals surface area contributed by atoms with Crippen LogP contribution in [0.4, 0.5) is 0 Å². The maximum absolute atomic E-state index is 11.0. The molecule has 64 valence electrons. The Kier molecular flexibility index (Phi) is 1.79. The van der Waals surface area contributed by atoms with E-state index in [4.69, 9.17) is 9.47 Å². The highest BCUT2D eigenvalue weighted by molar-refractivity contribution is 5.03. The summed E-state index contributed by atoms with van der Waals surface area (Å²) in [4.78, 5) is 17.3. The van der Waals surface area contributed by atoms with Gasteiger partial charge in [-0.25, -0.2) is 4.98 Å². The SMILES string of the molecule is O=c1[nH]ccnc1OC1COC1. The summed E-state index contributed by atoms with van der Waals surface area (Å²) in [5.74, 6) is 0.116. The number of hydrogen-bond acceptors (Lipinski definition) is 4. The minimum absolute atomic E-state index is 0.0130. The summed E-state index contributed by atoms with van der Waals surface area (Å²) >= 11 is 0. The molecule has 5 heteroatoms. The standard InChI is InChI=1S/C7H8N2O3/c10-6-7(9-2-1-8-6)12-5-3-11-4-5/h1-2,5H,3-4H2,(H,8,10). The Hall–Kier alpha value is -1.36. The Morgan fingerprint density at radius 1 is 1.67 bits per heavy atom. The highest BCUT2D eigenvalue weighted by Crippen LogP contribution is 2.07. The van der Waals surface area contributed by atoms with E-state index in [0.29, 0.717) is 13.2 Å². The molecular weight excluding hydrogens is 160 g/mol. The Morgan fingerprint density at radius 3 is 3.08 bits per heavy atom. The van der Waals surface area contributed by atoms with Crippen LogP contribution in [0.2, 0.25) is 0 Å². The van der Waals surface area contributed by atoms with Gasteiger partial charge in [0.1, 0.15) is 6.10 Å². The molecule has 0 radical (unpaired) electrons. The van der Waals surface area contributed by atoms with Crippen LogP contribution in [0.15, 0.2) is 17.2 Å². The van der Waals surface area contributed by atoms with Gasteiger partial charge in [0.2, 0.25) is 0 Å². The van der Waals surface area contributed by atoms with Crippen LogP contribution in [0.1, 0.15) is 0 Å². The van der Waals surface area contributed by atoms with Gasteiger partial charge in [-0.2, -0.15) is 0 Å². The van der Waals surface area contributed by atoms with E-state index in [1.54, 1.807) is 0 Å². The molecule has 2 heterocycles. The van der Waals surface area contributed by atoms with Crippen LogP contribution in [-0.2, 0) is 4.74 Å². The maximum Gasteiger partial charge on any atom is 0.310 e. The molecule has 0 aliphatic carbocycles. The van der Waals surface area contributed by atoms with E-state index in [2.05, 4.69) is 9.97 Å². The van der Waals surface area contributed by atoms with Gasteiger partial charge in [-0.05, 0) is 0 Å². The molecule has 0 spiro atoms. The van der Waals surface area contributed by atoms with Gasteiger partial charge in [0.05, 0.1) is 13.2 Å². The molecular formula is C7H8N2O3. The molecule has 0 unspecified atom stereocenters. The van der Waals surface area contributed by atoms with Gasteiger partial charge in [0.15, 0.2) is 0 Å². The molecule has 5 nitrogen and oxygen atoms in total. The van der Waals surface area contributed by atoms with Crippen molar-refractivity contribution >= 4 is 0 Å². The van der Waals surface area contributed by atoms with Crippen LogP contribution in [0.5, 0.6) is 5.88 Å². The molecule has 0 amide bonds. The van der Waals surface area contributed by atoms with E-state index >= 15 is 0 Å². The monoisotopic (exact) mass is 168 g/mol. The van der Waals surface area contributed by atoms with E-state index in [9.17, 15) is 4.79 Å². The fourth-order valence-electron chi connectivity index (χ4n) is 0.862. The summed E-state index contributed by atoms with van der Waals surface area (Å²) in [6.45, 7) is 1.08. The highest BCUT2D eigenvalue weighted by Gasteiger charge is 2.21. The topological polar surface area (TPSA) is 64.2 Å². The lowest BCUT2D eigenvalue weighted by molar-refractivity contribution is -0.0819. The number of nitrogens with one attached hydrogen (secondary N) is 1. The zero-order chi connectivity index (χ0) is 8.39. The number of hydrogen-bond donors (Lipinski definition) is 1. The molecule has 1 fully saturated rings. The smallest absolute Gasteiger partial charge is 0.310 e. The van der Waals surface area contributed by atoms with Crippen LogP contribution in [0.3, 0.4) is 0 Å². The van der Waals surface area contributed by atoms with Crippen molar-refractivity contribution in [2.24, 2.45) is 0 Å². The summed E-state index contributed by atoms with van der Waals surface area (Å²) in [5, 5.41) is 0. The average molecular weight is 168 g/mol. The molecule has 1 aliphatic heterocycles. The second-order valence-electron chi connectivity index (χ2n) is 2.50. The first-order valence-corrected chi connectivity index (χ1v) is 3.64. The third-order valence-electron chi connectivity index (χ3n) is 1.56. The molecule has 1 aromatic heterocycles. The lowest BCUT2D eigenvalue weighted by atomic mass is 10.3. The highest BCUT2D eigenvalue weighted by atomic mass is 16.6. The van der Waals surface area contributed by atoms with Gasteiger partial charge < -0.3 is 14.5 Å². The Labute approximate surface area is 68.3 Å². The van der Waals surface area contributed by atoms with E-state index in [-0.39, 0.29) is 17.5 Å². The van der Waals surface area contributed by atoms with Crippen LogP contribution in [0, 0.1) is 0 Å². The predicted octanol–water partition coefficient (Wildman–Crippen LogP) is -0.453. The minimum atomic E-state index is -0.301. The zero-order valence-electron chi connectivity index (χ0n) is 6.32. The molecule has 0 atom stereocenters. The van der Waals surface area contributed by atoms with Gasteiger partial charge in [-0.15, -0.1) is 0 Å². The summed E-state index contributed by atoms with van der Waals surface area (Å²) in [6, 6.07) is 0. The third kappa shape index (κ3) is 1.31. The summed E-state index contributed by atoms with van der Waals surface area (Å²) in [6.07, 6.45) is 2.93. The van der Waals surface area contributed by atoms with Crippen molar-refractivity contribution in [1.82, 2.24) is 9.97 Å². The zero-order valence-corrected chi connectivity index (χ0v) is 6.32. The van der Waals surface area contributed by atoms with Crippen molar-refractivity contribution < 1.29 is 9.47 Å². The summed E-state index contributed by atoms with van der Waals surface area (Å²) in [7, 11) is 0. The van der Waals surface area contributed by atoms with Crippen molar-refractivity contribution in [1.29, 1.82) is 0 Å². The first-order chi connectivity index (χ1) is 5.86. The van der Waals surface area contributed by atoms with E-state index in [0.717, 1.165) is 0 Å². The van der Waals surface area contributed by atoms with Crippen molar-refractivity contribution in [2.45, 2.75) is 6.10 Å². The van der Waals surface area contributed by atoms with Crippen LogP contribution in [0.25, 0.3) is 0 Å².